The van der Waals surface area contributed by atoms with Crippen molar-refractivity contribution in [2.45, 2.75) is 31.4 Å². The van der Waals surface area contributed by atoms with Crippen molar-refractivity contribution in [3.05, 3.63) is 42.2 Å². The van der Waals surface area contributed by atoms with Crippen LogP contribution < -0.4 is 0 Å². The first-order chi connectivity index (χ1) is 13.0. The van der Waals surface area contributed by atoms with Crippen molar-refractivity contribution < 1.29 is 17.9 Å². The van der Waals surface area contributed by atoms with Crippen LogP contribution in [0.2, 0.25) is 0 Å². The van der Waals surface area contributed by atoms with Crippen LogP contribution in [0.5, 0.6) is 0 Å². The van der Waals surface area contributed by atoms with Gasteiger partial charge in [0.1, 0.15) is 0 Å². The molecule has 0 saturated carbocycles. The molecule has 8 nitrogen and oxygen atoms in total. The number of nitrogens with zero attached hydrogens (tertiary/aromatic N) is 4. The molecule has 0 radical (unpaired) electrons. The fourth-order valence-corrected chi connectivity index (χ4v) is 5.35. The second-order valence-corrected chi connectivity index (χ2v) is 9.23. The van der Waals surface area contributed by atoms with Crippen molar-refractivity contribution in [1.82, 2.24) is 19.9 Å². The Morgan fingerprint density at radius 1 is 1.26 bits per heavy atom. The molecular formula is C18H22N4O4S. The summed E-state index contributed by atoms with van der Waals surface area (Å²) >= 11 is 0. The summed E-state index contributed by atoms with van der Waals surface area (Å²) in [5, 5.41) is 8.49. The Hall–Kier alpha value is -2.26. The van der Waals surface area contributed by atoms with Crippen LogP contribution in [-0.2, 0) is 14.6 Å². The summed E-state index contributed by atoms with van der Waals surface area (Å²) in [6.45, 7) is 1.07. The van der Waals surface area contributed by atoms with E-state index in [1.807, 2.05) is 30.3 Å². The summed E-state index contributed by atoms with van der Waals surface area (Å²) in [6.07, 6.45) is 3.66. The minimum absolute atomic E-state index is 0.00170. The Morgan fingerprint density at radius 3 is 2.74 bits per heavy atom. The van der Waals surface area contributed by atoms with Crippen molar-refractivity contribution in [1.29, 1.82) is 0 Å². The van der Waals surface area contributed by atoms with E-state index in [1.165, 1.54) is 11.0 Å². The predicted molar refractivity (Wildman–Crippen MR) is 98.4 cm³/mol. The minimum Gasteiger partial charge on any atom is -0.376 e. The van der Waals surface area contributed by atoms with Gasteiger partial charge < -0.3 is 9.64 Å². The van der Waals surface area contributed by atoms with Gasteiger partial charge >= 0.3 is 0 Å². The molecule has 2 fully saturated rings. The summed E-state index contributed by atoms with van der Waals surface area (Å²) in [7, 11) is -3.10. The molecule has 2 saturated heterocycles. The van der Waals surface area contributed by atoms with E-state index in [1.54, 1.807) is 4.90 Å². The highest BCUT2D eigenvalue weighted by molar-refractivity contribution is 7.91. The molecular weight excluding hydrogens is 368 g/mol. The van der Waals surface area contributed by atoms with Gasteiger partial charge in [0.15, 0.2) is 15.5 Å². The number of hydrogen-bond acceptors (Lipinski definition) is 6. The largest absolute Gasteiger partial charge is 0.376 e. The number of benzene rings is 1. The number of carbonyl (C=O) groups excluding carboxylic acids is 1. The van der Waals surface area contributed by atoms with Gasteiger partial charge in [-0.25, -0.2) is 8.42 Å². The zero-order chi connectivity index (χ0) is 18.9. The molecule has 27 heavy (non-hydrogen) atoms. The lowest BCUT2D eigenvalue weighted by Crippen LogP contribution is -2.45. The maximum absolute atomic E-state index is 13.1. The second-order valence-electron chi connectivity index (χ2n) is 7.00. The molecule has 0 unspecified atom stereocenters. The lowest BCUT2D eigenvalue weighted by Gasteiger charge is -2.29. The third-order valence-electron chi connectivity index (χ3n) is 5.03. The van der Waals surface area contributed by atoms with Crippen molar-refractivity contribution in [2.75, 3.05) is 24.7 Å². The van der Waals surface area contributed by atoms with Crippen molar-refractivity contribution in [2.24, 2.45) is 0 Å². The number of hydrogen-bond donors (Lipinski definition) is 0. The quantitative estimate of drug-likeness (QED) is 0.758. The van der Waals surface area contributed by atoms with Gasteiger partial charge in [-0.3, -0.25) is 4.79 Å². The number of rotatable bonds is 5. The summed E-state index contributed by atoms with van der Waals surface area (Å²) in [4.78, 5) is 16.2. The molecule has 2 atom stereocenters. The number of aromatic nitrogens is 3. The Kier molecular flexibility index (Phi) is 4.96. The Bertz CT molecular complexity index is 906. The lowest BCUT2D eigenvalue weighted by molar-refractivity contribution is 0.0436. The standard InChI is InChI=1S/C18H22N4O4S/c23-18(17-11-19-22(20-17)14-5-2-1-3-6-14)21(12-16-7-4-9-26-16)15-8-10-27(24,25)13-15/h1-3,5-6,11,15-16H,4,7-10,12-13H2/t15-,16-/m1/s1. The molecule has 0 spiro atoms. The summed E-state index contributed by atoms with van der Waals surface area (Å²) in [5.41, 5.74) is 0.965. The van der Waals surface area contributed by atoms with Gasteiger partial charge in [-0.1, -0.05) is 18.2 Å². The number of amides is 1. The van der Waals surface area contributed by atoms with Crippen LogP contribution in [0.4, 0.5) is 0 Å². The average molecular weight is 390 g/mol. The fourth-order valence-electron chi connectivity index (χ4n) is 3.62. The number of sulfone groups is 1. The van der Waals surface area contributed by atoms with Crippen molar-refractivity contribution >= 4 is 15.7 Å². The normalized spacial score (nSPS) is 24.1. The first kappa shape index (κ1) is 18.1. The molecule has 4 rings (SSSR count). The molecule has 3 heterocycles. The first-order valence-corrected chi connectivity index (χ1v) is 10.9. The highest BCUT2D eigenvalue weighted by atomic mass is 32.2. The molecule has 2 aliphatic rings. The van der Waals surface area contributed by atoms with E-state index in [0.717, 1.165) is 18.5 Å². The number of carbonyl (C=O) groups is 1. The SMILES string of the molecule is O=C(c1cnn(-c2ccccc2)n1)N(C[C@H]1CCCO1)[C@@H]1CCS(=O)(=O)C1. The van der Waals surface area contributed by atoms with Gasteiger partial charge in [-0.15, -0.1) is 5.10 Å². The van der Waals surface area contributed by atoms with Crippen LogP contribution in [0.15, 0.2) is 36.5 Å². The molecule has 0 aliphatic carbocycles. The third-order valence-corrected chi connectivity index (χ3v) is 6.78. The number of ether oxygens (including phenoxy) is 1. The summed E-state index contributed by atoms with van der Waals surface area (Å²) in [5.74, 6) is -0.183. The maximum atomic E-state index is 13.1. The van der Waals surface area contributed by atoms with E-state index in [2.05, 4.69) is 10.2 Å². The van der Waals surface area contributed by atoms with Gasteiger partial charge in [-0.2, -0.15) is 9.90 Å². The molecule has 9 heteroatoms. The highest BCUT2D eigenvalue weighted by Crippen LogP contribution is 2.23. The Balaban J connectivity index is 1.57. The third kappa shape index (κ3) is 4.03. The fraction of sp³-hybridized carbons (Fsp3) is 0.500. The molecule has 144 valence electrons. The minimum atomic E-state index is -3.10. The molecule has 0 bridgehead atoms. The molecule has 1 aromatic heterocycles. The van der Waals surface area contributed by atoms with Crippen LogP contribution in [0.25, 0.3) is 5.69 Å². The average Bonchev–Trinajstić information content (AvgIpc) is 3.41. The van der Waals surface area contributed by atoms with Crippen molar-refractivity contribution in [3.8, 4) is 5.69 Å². The topological polar surface area (TPSA) is 94.4 Å². The zero-order valence-corrected chi connectivity index (χ0v) is 15.7. The molecule has 1 aromatic carbocycles. The second kappa shape index (κ2) is 7.40. The summed E-state index contributed by atoms with van der Waals surface area (Å²) < 4.78 is 29.5. The molecule has 1 amide bonds. The van der Waals surface area contributed by atoms with E-state index in [9.17, 15) is 13.2 Å². The van der Waals surface area contributed by atoms with E-state index in [0.29, 0.717) is 19.6 Å². The van der Waals surface area contributed by atoms with Gasteiger partial charge in [0.25, 0.3) is 5.91 Å². The van der Waals surface area contributed by atoms with E-state index in [4.69, 9.17) is 4.74 Å². The maximum Gasteiger partial charge on any atom is 0.276 e. The summed E-state index contributed by atoms with van der Waals surface area (Å²) in [6, 6.07) is 8.99. The van der Waals surface area contributed by atoms with Gasteiger partial charge in [0, 0.05) is 19.2 Å². The van der Waals surface area contributed by atoms with E-state index in [-0.39, 0.29) is 35.3 Å². The van der Waals surface area contributed by atoms with E-state index < -0.39 is 9.84 Å². The van der Waals surface area contributed by atoms with Crippen LogP contribution in [0.3, 0.4) is 0 Å². The van der Waals surface area contributed by atoms with Gasteiger partial charge in [-0.05, 0) is 31.4 Å². The smallest absolute Gasteiger partial charge is 0.276 e. The Morgan fingerprint density at radius 2 is 2.07 bits per heavy atom. The predicted octanol–water partition coefficient (Wildman–Crippen LogP) is 1.08. The zero-order valence-electron chi connectivity index (χ0n) is 14.9. The van der Waals surface area contributed by atoms with Crippen LogP contribution in [0, 0.1) is 0 Å². The van der Waals surface area contributed by atoms with Crippen molar-refractivity contribution in [3.63, 3.8) is 0 Å². The van der Waals surface area contributed by atoms with E-state index >= 15 is 0 Å². The van der Waals surface area contributed by atoms with Gasteiger partial charge in [0.05, 0.1) is 29.5 Å². The molecule has 2 aromatic rings. The van der Waals surface area contributed by atoms with Crippen LogP contribution in [0.1, 0.15) is 29.8 Å². The monoisotopic (exact) mass is 390 g/mol. The highest BCUT2D eigenvalue weighted by Gasteiger charge is 2.37. The van der Waals surface area contributed by atoms with Gasteiger partial charge in [0.2, 0.25) is 0 Å². The van der Waals surface area contributed by atoms with Crippen LogP contribution >= 0.6 is 0 Å². The van der Waals surface area contributed by atoms with Crippen LogP contribution in [-0.4, -0.2) is 71.0 Å². The Labute approximate surface area is 158 Å². The molecule has 0 N–H and O–H groups in total. The molecule has 2 aliphatic heterocycles. The number of para-hydroxylation sites is 1. The lowest BCUT2D eigenvalue weighted by atomic mass is 10.1. The first-order valence-electron chi connectivity index (χ1n) is 9.12.